The first-order chi connectivity index (χ1) is 10.0. The molecule has 0 fully saturated rings. The number of nitrogens with one attached hydrogen (secondary N) is 2. The molecule has 0 heterocycles. The second-order valence-electron chi connectivity index (χ2n) is 4.79. The van der Waals surface area contributed by atoms with Gasteiger partial charge in [-0.05, 0) is 30.8 Å². The van der Waals surface area contributed by atoms with Crippen LogP contribution in [0, 0.1) is 5.92 Å². The zero-order valence-corrected chi connectivity index (χ0v) is 12.5. The Balaban J connectivity index is 2.43. The van der Waals surface area contributed by atoms with E-state index in [-0.39, 0.29) is 24.9 Å². The molecule has 0 saturated heterocycles. The van der Waals surface area contributed by atoms with Crippen LogP contribution >= 0.6 is 0 Å². The van der Waals surface area contributed by atoms with Crippen molar-refractivity contribution in [2.75, 3.05) is 25.0 Å². The standard InChI is InChI=1S/C15H23N3O3/c1-3-17-10-11(2)15(20)18-12-4-6-13(7-5-12)21-9-8-14(16)19/h4-7,11,17H,3,8-10H2,1-2H3,(H2,16,19)(H,18,20). The van der Waals surface area contributed by atoms with E-state index in [9.17, 15) is 9.59 Å². The van der Waals surface area contributed by atoms with Crippen molar-refractivity contribution >= 4 is 17.5 Å². The van der Waals surface area contributed by atoms with Crippen LogP contribution in [0.25, 0.3) is 0 Å². The lowest BCUT2D eigenvalue weighted by Gasteiger charge is -2.13. The van der Waals surface area contributed by atoms with E-state index in [0.29, 0.717) is 18.0 Å². The predicted octanol–water partition coefficient (Wildman–Crippen LogP) is 1.12. The second kappa shape index (κ2) is 8.97. The van der Waals surface area contributed by atoms with Crippen LogP contribution in [-0.2, 0) is 9.59 Å². The Morgan fingerprint density at radius 1 is 1.29 bits per heavy atom. The zero-order valence-electron chi connectivity index (χ0n) is 12.5. The fourth-order valence-electron chi connectivity index (χ4n) is 1.62. The van der Waals surface area contributed by atoms with Gasteiger partial charge in [-0.15, -0.1) is 0 Å². The minimum absolute atomic E-state index is 0.0293. The van der Waals surface area contributed by atoms with Gasteiger partial charge in [-0.25, -0.2) is 0 Å². The molecule has 4 N–H and O–H groups in total. The molecule has 0 saturated carbocycles. The molecule has 6 heteroatoms. The van der Waals surface area contributed by atoms with Gasteiger partial charge in [-0.3, -0.25) is 9.59 Å². The maximum atomic E-state index is 11.9. The summed E-state index contributed by atoms with van der Waals surface area (Å²) in [6, 6.07) is 7.01. The Hall–Kier alpha value is -2.08. The highest BCUT2D eigenvalue weighted by molar-refractivity contribution is 5.92. The summed E-state index contributed by atoms with van der Waals surface area (Å²) in [6.45, 7) is 5.62. The monoisotopic (exact) mass is 293 g/mol. The van der Waals surface area contributed by atoms with Crippen molar-refractivity contribution in [1.82, 2.24) is 5.32 Å². The van der Waals surface area contributed by atoms with Crippen LogP contribution < -0.4 is 21.1 Å². The Labute approximate surface area is 125 Å². The number of carbonyl (C=O) groups is 2. The number of ether oxygens (including phenoxy) is 1. The van der Waals surface area contributed by atoms with Crippen LogP contribution in [0.4, 0.5) is 5.69 Å². The van der Waals surface area contributed by atoms with Gasteiger partial charge in [0.25, 0.3) is 0 Å². The van der Waals surface area contributed by atoms with Gasteiger partial charge in [0.15, 0.2) is 0 Å². The smallest absolute Gasteiger partial charge is 0.228 e. The van der Waals surface area contributed by atoms with Crippen LogP contribution in [-0.4, -0.2) is 31.5 Å². The maximum absolute atomic E-state index is 11.9. The van der Waals surface area contributed by atoms with E-state index in [1.807, 2.05) is 13.8 Å². The Kier molecular flexibility index (Phi) is 7.25. The molecule has 1 rings (SSSR count). The van der Waals surface area contributed by atoms with Gasteiger partial charge in [0.05, 0.1) is 13.0 Å². The molecule has 0 radical (unpaired) electrons. The number of nitrogens with two attached hydrogens (primary N) is 1. The number of anilines is 1. The zero-order chi connectivity index (χ0) is 15.7. The first kappa shape index (κ1) is 17.0. The topological polar surface area (TPSA) is 93.4 Å². The fraction of sp³-hybridized carbons (Fsp3) is 0.467. The van der Waals surface area contributed by atoms with E-state index in [1.54, 1.807) is 24.3 Å². The summed E-state index contributed by atoms with van der Waals surface area (Å²) in [7, 11) is 0. The lowest BCUT2D eigenvalue weighted by Crippen LogP contribution is -2.30. The van der Waals surface area contributed by atoms with E-state index in [2.05, 4.69) is 10.6 Å². The molecule has 0 aliphatic rings. The van der Waals surface area contributed by atoms with Crippen LogP contribution in [0.5, 0.6) is 5.75 Å². The van der Waals surface area contributed by atoms with Crippen molar-refractivity contribution in [3.05, 3.63) is 24.3 Å². The van der Waals surface area contributed by atoms with Gasteiger partial charge in [-0.2, -0.15) is 0 Å². The minimum atomic E-state index is -0.395. The van der Waals surface area contributed by atoms with E-state index >= 15 is 0 Å². The molecule has 0 spiro atoms. The van der Waals surface area contributed by atoms with Crippen LogP contribution in [0.2, 0.25) is 0 Å². The molecule has 1 aromatic carbocycles. The maximum Gasteiger partial charge on any atom is 0.228 e. The molecule has 6 nitrogen and oxygen atoms in total. The number of hydrogen-bond donors (Lipinski definition) is 3. The molecule has 116 valence electrons. The molecule has 0 aromatic heterocycles. The molecule has 2 amide bonds. The summed E-state index contributed by atoms with van der Waals surface area (Å²) < 4.78 is 5.35. The summed E-state index contributed by atoms with van der Waals surface area (Å²) in [5.74, 6) is 0.110. The number of rotatable bonds is 9. The van der Waals surface area contributed by atoms with Crippen LogP contribution in [0.1, 0.15) is 20.3 Å². The van der Waals surface area contributed by atoms with Gasteiger partial charge in [0, 0.05) is 18.2 Å². The third-order valence-corrected chi connectivity index (χ3v) is 2.89. The molecular formula is C15H23N3O3. The molecule has 1 unspecified atom stereocenters. The van der Waals surface area contributed by atoms with Crippen LogP contribution in [0.3, 0.4) is 0 Å². The third-order valence-electron chi connectivity index (χ3n) is 2.89. The summed E-state index contributed by atoms with van der Waals surface area (Å²) in [5, 5.41) is 5.98. The Morgan fingerprint density at radius 3 is 2.52 bits per heavy atom. The predicted molar refractivity (Wildman–Crippen MR) is 82.1 cm³/mol. The lowest BCUT2D eigenvalue weighted by molar-refractivity contribution is -0.119. The summed E-state index contributed by atoms with van der Waals surface area (Å²) in [6.07, 6.45) is 0.181. The fourth-order valence-corrected chi connectivity index (χ4v) is 1.62. The normalized spacial score (nSPS) is 11.7. The van der Waals surface area contributed by atoms with Gasteiger partial charge >= 0.3 is 0 Å². The van der Waals surface area contributed by atoms with Crippen molar-refractivity contribution in [2.45, 2.75) is 20.3 Å². The average molecular weight is 293 g/mol. The first-order valence-electron chi connectivity index (χ1n) is 7.05. The molecule has 0 aliphatic carbocycles. The van der Waals surface area contributed by atoms with Crippen molar-refractivity contribution in [3.63, 3.8) is 0 Å². The highest BCUT2D eigenvalue weighted by Crippen LogP contribution is 2.16. The molecular weight excluding hydrogens is 270 g/mol. The van der Waals surface area contributed by atoms with E-state index in [0.717, 1.165) is 6.54 Å². The first-order valence-corrected chi connectivity index (χ1v) is 7.05. The van der Waals surface area contributed by atoms with Gasteiger partial charge < -0.3 is 21.1 Å². The Bertz CT molecular complexity index is 460. The van der Waals surface area contributed by atoms with E-state index in [1.165, 1.54) is 0 Å². The molecule has 21 heavy (non-hydrogen) atoms. The van der Waals surface area contributed by atoms with Crippen molar-refractivity contribution < 1.29 is 14.3 Å². The third kappa shape index (κ3) is 6.76. The van der Waals surface area contributed by atoms with Crippen molar-refractivity contribution in [2.24, 2.45) is 11.7 Å². The van der Waals surface area contributed by atoms with Crippen molar-refractivity contribution in [1.29, 1.82) is 0 Å². The number of primary amides is 1. The van der Waals surface area contributed by atoms with E-state index in [4.69, 9.17) is 10.5 Å². The quantitative estimate of drug-likeness (QED) is 0.636. The van der Waals surface area contributed by atoms with Crippen LogP contribution in [0.15, 0.2) is 24.3 Å². The van der Waals surface area contributed by atoms with Gasteiger partial charge in [0.1, 0.15) is 5.75 Å². The van der Waals surface area contributed by atoms with E-state index < -0.39 is 5.91 Å². The Morgan fingerprint density at radius 2 is 1.95 bits per heavy atom. The second-order valence-corrected chi connectivity index (χ2v) is 4.79. The molecule has 1 aromatic rings. The summed E-state index contributed by atoms with van der Waals surface area (Å²) in [4.78, 5) is 22.5. The number of amides is 2. The largest absolute Gasteiger partial charge is 0.493 e. The minimum Gasteiger partial charge on any atom is -0.493 e. The average Bonchev–Trinajstić information content (AvgIpc) is 2.46. The van der Waals surface area contributed by atoms with Gasteiger partial charge in [0.2, 0.25) is 11.8 Å². The SMILES string of the molecule is CCNCC(C)C(=O)Nc1ccc(OCCC(N)=O)cc1. The molecule has 0 bridgehead atoms. The lowest BCUT2D eigenvalue weighted by atomic mass is 10.1. The number of benzene rings is 1. The number of hydrogen-bond acceptors (Lipinski definition) is 4. The summed E-state index contributed by atoms with van der Waals surface area (Å²) in [5.41, 5.74) is 5.74. The van der Waals surface area contributed by atoms with Crippen molar-refractivity contribution in [3.8, 4) is 5.75 Å². The highest BCUT2D eigenvalue weighted by Gasteiger charge is 2.12. The van der Waals surface area contributed by atoms with Gasteiger partial charge in [-0.1, -0.05) is 13.8 Å². The summed E-state index contributed by atoms with van der Waals surface area (Å²) >= 11 is 0. The molecule has 1 atom stereocenters. The highest BCUT2D eigenvalue weighted by atomic mass is 16.5. The molecule has 0 aliphatic heterocycles. The number of carbonyl (C=O) groups excluding carboxylic acids is 2.